The van der Waals surface area contributed by atoms with Gasteiger partial charge in [0.2, 0.25) is 0 Å². The lowest BCUT2D eigenvalue weighted by molar-refractivity contribution is 0.0553. The van der Waals surface area contributed by atoms with E-state index in [4.69, 9.17) is 9.47 Å². The molecule has 0 saturated carbocycles. The van der Waals surface area contributed by atoms with Crippen molar-refractivity contribution >= 4 is 22.7 Å². The predicted molar refractivity (Wildman–Crippen MR) is 93.7 cm³/mol. The fraction of sp³-hybridized carbons (Fsp3) is 0.100. The van der Waals surface area contributed by atoms with Crippen LogP contribution in [0.5, 0.6) is 5.75 Å². The number of methoxy groups -OCH3 is 2. The highest BCUT2D eigenvalue weighted by molar-refractivity contribution is 6.18. The molecule has 5 nitrogen and oxygen atoms in total. The molecule has 0 radical (unpaired) electrons. The molecule has 3 aromatic carbocycles. The minimum Gasteiger partial charge on any atom is -0.506 e. The van der Waals surface area contributed by atoms with Gasteiger partial charge in [-0.15, -0.1) is 0 Å². The largest absolute Gasteiger partial charge is 0.506 e. The van der Waals surface area contributed by atoms with Crippen LogP contribution >= 0.6 is 0 Å². The van der Waals surface area contributed by atoms with Crippen LogP contribution in [0.25, 0.3) is 21.9 Å². The molecule has 0 unspecified atom stereocenters. The third-order valence-electron chi connectivity index (χ3n) is 4.03. The number of hydrogen-bond donors (Lipinski definition) is 1. The van der Waals surface area contributed by atoms with E-state index in [0.717, 1.165) is 5.56 Å². The standard InChI is InChI=1S/C20H16O5/c1-24-19(22)16-15(12-8-4-3-5-9-12)13-10-6-7-11-14(13)18(21)17(16)20(23)25-2/h3-11,21H,1-2H3. The Kier molecular flexibility index (Phi) is 4.39. The molecule has 0 saturated heterocycles. The first-order chi connectivity index (χ1) is 12.1. The van der Waals surface area contributed by atoms with E-state index in [-0.39, 0.29) is 16.9 Å². The predicted octanol–water partition coefficient (Wildman–Crippen LogP) is 3.79. The number of ether oxygens (including phenoxy) is 2. The molecule has 0 aliphatic heterocycles. The molecule has 0 heterocycles. The highest BCUT2D eigenvalue weighted by Gasteiger charge is 2.29. The van der Waals surface area contributed by atoms with Gasteiger partial charge in [0.15, 0.2) is 0 Å². The summed E-state index contributed by atoms with van der Waals surface area (Å²) in [5.74, 6) is -1.83. The molecule has 0 aromatic heterocycles. The number of hydrogen-bond acceptors (Lipinski definition) is 5. The number of carbonyl (C=O) groups is 2. The van der Waals surface area contributed by atoms with Crippen molar-refractivity contribution in [2.75, 3.05) is 14.2 Å². The van der Waals surface area contributed by atoms with Gasteiger partial charge in [-0.05, 0) is 10.9 Å². The summed E-state index contributed by atoms with van der Waals surface area (Å²) < 4.78 is 9.67. The van der Waals surface area contributed by atoms with Gasteiger partial charge in [-0.25, -0.2) is 9.59 Å². The van der Waals surface area contributed by atoms with Gasteiger partial charge in [0.1, 0.15) is 11.3 Å². The number of carbonyl (C=O) groups excluding carboxylic acids is 2. The Bertz CT molecular complexity index is 961. The summed E-state index contributed by atoms with van der Waals surface area (Å²) >= 11 is 0. The van der Waals surface area contributed by atoms with E-state index in [2.05, 4.69) is 0 Å². The minimum absolute atomic E-state index is 0.0169. The van der Waals surface area contributed by atoms with Crippen LogP contribution in [0.3, 0.4) is 0 Å². The summed E-state index contributed by atoms with van der Waals surface area (Å²) in [6, 6.07) is 16.2. The summed E-state index contributed by atoms with van der Waals surface area (Å²) in [7, 11) is 2.42. The number of aromatic hydroxyl groups is 1. The van der Waals surface area contributed by atoms with Crippen molar-refractivity contribution in [1.82, 2.24) is 0 Å². The zero-order valence-corrected chi connectivity index (χ0v) is 13.8. The van der Waals surface area contributed by atoms with Crippen molar-refractivity contribution in [2.24, 2.45) is 0 Å². The van der Waals surface area contributed by atoms with Crippen LogP contribution < -0.4 is 0 Å². The highest BCUT2D eigenvalue weighted by Crippen LogP contribution is 2.41. The lowest BCUT2D eigenvalue weighted by atomic mass is 9.88. The first-order valence-corrected chi connectivity index (χ1v) is 7.59. The number of fused-ring (bicyclic) bond motifs is 1. The SMILES string of the molecule is COC(=O)c1c(C(=O)OC)c(-c2ccccc2)c2ccccc2c1O. The third-order valence-corrected chi connectivity index (χ3v) is 4.03. The van der Waals surface area contributed by atoms with E-state index in [1.807, 2.05) is 30.3 Å². The average Bonchev–Trinajstić information content (AvgIpc) is 2.67. The molecule has 1 N–H and O–H groups in total. The van der Waals surface area contributed by atoms with E-state index >= 15 is 0 Å². The quantitative estimate of drug-likeness (QED) is 0.737. The fourth-order valence-electron chi connectivity index (χ4n) is 2.93. The average molecular weight is 336 g/mol. The number of rotatable bonds is 3. The molecule has 5 heteroatoms. The van der Waals surface area contributed by atoms with Crippen LogP contribution in [0.1, 0.15) is 20.7 Å². The number of phenolic OH excluding ortho intramolecular Hbond substituents is 1. The van der Waals surface area contributed by atoms with E-state index in [1.165, 1.54) is 14.2 Å². The van der Waals surface area contributed by atoms with Crippen LogP contribution in [0.15, 0.2) is 54.6 Å². The fourth-order valence-corrected chi connectivity index (χ4v) is 2.93. The molecular formula is C20H16O5. The maximum atomic E-state index is 12.5. The molecular weight excluding hydrogens is 320 g/mol. The van der Waals surface area contributed by atoms with Gasteiger partial charge in [-0.2, -0.15) is 0 Å². The van der Waals surface area contributed by atoms with Crippen LogP contribution in [-0.2, 0) is 9.47 Å². The second kappa shape index (κ2) is 6.65. The lowest BCUT2D eigenvalue weighted by Crippen LogP contribution is -2.14. The number of phenols is 1. The molecule has 0 amide bonds. The van der Waals surface area contributed by atoms with Crippen LogP contribution in [0, 0.1) is 0 Å². The van der Waals surface area contributed by atoms with Crippen molar-refractivity contribution in [1.29, 1.82) is 0 Å². The normalized spacial score (nSPS) is 10.5. The van der Waals surface area contributed by atoms with E-state index < -0.39 is 11.9 Å². The molecule has 25 heavy (non-hydrogen) atoms. The summed E-state index contributed by atoms with van der Waals surface area (Å²) in [5.41, 5.74) is 1.02. The molecule has 3 rings (SSSR count). The van der Waals surface area contributed by atoms with Gasteiger partial charge in [0.05, 0.1) is 19.8 Å². The Labute approximate surface area is 144 Å². The van der Waals surface area contributed by atoms with Crippen LogP contribution in [-0.4, -0.2) is 31.3 Å². The van der Waals surface area contributed by atoms with Gasteiger partial charge in [0.25, 0.3) is 0 Å². The molecule has 0 aliphatic rings. The first kappa shape index (κ1) is 16.5. The van der Waals surface area contributed by atoms with E-state index in [1.54, 1.807) is 24.3 Å². The van der Waals surface area contributed by atoms with Crippen molar-refractivity contribution in [2.45, 2.75) is 0 Å². The minimum atomic E-state index is -0.805. The highest BCUT2D eigenvalue weighted by atomic mass is 16.5. The van der Waals surface area contributed by atoms with E-state index in [0.29, 0.717) is 16.3 Å². The maximum Gasteiger partial charge on any atom is 0.342 e. The lowest BCUT2D eigenvalue weighted by Gasteiger charge is -2.17. The van der Waals surface area contributed by atoms with Crippen molar-refractivity contribution < 1.29 is 24.2 Å². The maximum absolute atomic E-state index is 12.5. The smallest absolute Gasteiger partial charge is 0.342 e. The molecule has 0 aliphatic carbocycles. The molecule has 0 bridgehead atoms. The van der Waals surface area contributed by atoms with Crippen molar-refractivity contribution in [3.63, 3.8) is 0 Å². The Morgan fingerprint density at radius 2 is 1.28 bits per heavy atom. The van der Waals surface area contributed by atoms with Crippen LogP contribution in [0.2, 0.25) is 0 Å². The van der Waals surface area contributed by atoms with Crippen molar-refractivity contribution in [3.8, 4) is 16.9 Å². The summed E-state index contributed by atoms with van der Waals surface area (Å²) in [6.45, 7) is 0. The Hall–Kier alpha value is -3.34. The molecule has 126 valence electrons. The second-order valence-corrected chi connectivity index (χ2v) is 5.37. The van der Waals surface area contributed by atoms with Gasteiger partial charge in [-0.1, -0.05) is 54.6 Å². The summed E-state index contributed by atoms with van der Waals surface area (Å²) in [5, 5.41) is 11.7. The Balaban J connectivity index is 2.56. The number of esters is 2. The van der Waals surface area contributed by atoms with E-state index in [9.17, 15) is 14.7 Å². The monoisotopic (exact) mass is 336 g/mol. The first-order valence-electron chi connectivity index (χ1n) is 7.59. The molecule has 3 aromatic rings. The third kappa shape index (κ3) is 2.70. The molecule has 0 atom stereocenters. The topological polar surface area (TPSA) is 72.8 Å². The van der Waals surface area contributed by atoms with Crippen LogP contribution in [0.4, 0.5) is 0 Å². The van der Waals surface area contributed by atoms with Crippen molar-refractivity contribution in [3.05, 3.63) is 65.7 Å². The molecule has 0 fully saturated rings. The van der Waals surface area contributed by atoms with Gasteiger partial charge in [-0.3, -0.25) is 0 Å². The Morgan fingerprint density at radius 3 is 1.88 bits per heavy atom. The zero-order valence-electron chi connectivity index (χ0n) is 13.8. The van der Waals surface area contributed by atoms with Gasteiger partial charge >= 0.3 is 11.9 Å². The van der Waals surface area contributed by atoms with Gasteiger partial charge in [0, 0.05) is 10.9 Å². The number of benzene rings is 3. The molecule has 0 spiro atoms. The Morgan fingerprint density at radius 1 is 0.760 bits per heavy atom. The summed E-state index contributed by atoms with van der Waals surface area (Å²) in [4.78, 5) is 24.8. The van der Waals surface area contributed by atoms with Gasteiger partial charge < -0.3 is 14.6 Å². The summed E-state index contributed by atoms with van der Waals surface area (Å²) in [6.07, 6.45) is 0. The second-order valence-electron chi connectivity index (χ2n) is 5.37. The zero-order chi connectivity index (χ0) is 18.0.